The highest BCUT2D eigenvalue weighted by molar-refractivity contribution is 5.47. The molecule has 1 heterocycles. The molecule has 1 aliphatic rings. The molecule has 0 aromatic carbocycles. The molecule has 1 aromatic rings. The predicted molar refractivity (Wildman–Crippen MR) is 83.4 cm³/mol. The van der Waals surface area contributed by atoms with Gasteiger partial charge in [-0.2, -0.15) is 0 Å². The third-order valence-electron chi connectivity index (χ3n) is 3.65. The van der Waals surface area contributed by atoms with Crippen molar-refractivity contribution in [3.05, 3.63) is 11.9 Å². The summed E-state index contributed by atoms with van der Waals surface area (Å²) < 4.78 is 5.38. The van der Waals surface area contributed by atoms with Gasteiger partial charge in [0.1, 0.15) is 18.2 Å². The van der Waals surface area contributed by atoms with Gasteiger partial charge < -0.3 is 20.5 Å². The summed E-state index contributed by atoms with van der Waals surface area (Å²) in [5, 5.41) is 16.6. The van der Waals surface area contributed by atoms with Crippen molar-refractivity contribution in [1.82, 2.24) is 9.97 Å². The summed E-state index contributed by atoms with van der Waals surface area (Å²) in [6.07, 6.45) is 3.85. The van der Waals surface area contributed by atoms with Gasteiger partial charge in [-0.3, -0.25) is 0 Å². The second-order valence-electron chi connectivity index (χ2n) is 5.55. The van der Waals surface area contributed by atoms with Crippen molar-refractivity contribution in [3.63, 3.8) is 0 Å². The topological polar surface area (TPSA) is 79.3 Å². The minimum Gasteiger partial charge on any atom is -0.388 e. The Morgan fingerprint density at radius 2 is 1.95 bits per heavy atom. The molecule has 1 saturated carbocycles. The maximum absolute atomic E-state index is 10.1. The van der Waals surface area contributed by atoms with E-state index in [9.17, 15) is 5.11 Å². The van der Waals surface area contributed by atoms with E-state index in [1.54, 1.807) is 0 Å². The first-order chi connectivity index (χ1) is 10.1. The lowest BCUT2D eigenvalue weighted by Crippen LogP contribution is -2.43. The van der Waals surface area contributed by atoms with Crippen LogP contribution in [0.2, 0.25) is 0 Å². The van der Waals surface area contributed by atoms with Crippen molar-refractivity contribution in [2.24, 2.45) is 0 Å². The van der Waals surface area contributed by atoms with Gasteiger partial charge in [-0.05, 0) is 32.6 Å². The Morgan fingerprint density at radius 1 is 1.24 bits per heavy atom. The summed E-state index contributed by atoms with van der Waals surface area (Å²) in [4.78, 5) is 8.88. The summed E-state index contributed by atoms with van der Waals surface area (Å²) in [7, 11) is 0. The van der Waals surface area contributed by atoms with Crippen molar-refractivity contribution < 1.29 is 9.84 Å². The number of nitrogens with zero attached hydrogens (tertiary/aromatic N) is 2. The van der Waals surface area contributed by atoms with Crippen LogP contribution in [-0.2, 0) is 11.3 Å². The number of hydrogen-bond acceptors (Lipinski definition) is 6. The first-order valence-corrected chi connectivity index (χ1v) is 7.81. The van der Waals surface area contributed by atoms with E-state index < -0.39 is 5.60 Å². The molecule has 1 aromatic heterocycles. The zero-order valence-electron chi connectivity index (χ0n) is 13.0. The van der Waals surface area contributed by atoms with E-state index in [4.69, 9.17) is 4.74 Å². The molecule has 0 aliphatic heterocycles. The summed E-state index contributed by atoms with van der Waals surface area (Å²) in [6, 6.07) is 1.88. The van der Waals surface area contributed by atoms with Gasteiger partial charge in [-0.1, -0.05) is 6.92 Å². The molecule has 0 amide bonds. The van der Waals surface area contributed by atoms with Crippen LogP contribution in [0.1, 0.15) is 45.4 Å². The molecule has 118 valence electrons. The molecule has 21 heavy (non-hydrogen) atoms. The van der Waals surface area contributed by atoms with Crippen molar-refractivity contribution in [1.29, 1.82) is 0 Å². The first kappa shape index (κ1) is 16.0. The van der Waals surface area contributed by atoms with Gasteiger partial charge in [0.15, 0.2) is 5.82 Å². The lowest BCUT2D eigenvalue weighted by atomic mass is 9.80. The zero-order chi connectivity index (χ0) is 15.1. The lowest BCUT2D eigenvalue weighted by Gasteiger charge is -2.36. The van der Waals surface area contributed by atoms with E-state index in [1.165, 1.54) is 0 Å². The first-order valence-electron chi connectivity index (χ1n) is 7.81. The lowest BCUT2D eigenvalue weighted by molar-refractivity contribution is -0.0202. The third-order valence-corrected chi connectivity index (χ3v) is 3.65. The van der Waals surface area contributed by atoms with Crippen LogP contribution in [0.5, 0.6) is 0 Å². The molecular formula is C15H26N4O2. The number of ether oxygens (including phenoxy) is 1. The number of rotatable bonds is 9. The van der Waals surface area contributed by atoms with Crippen LogP contribution in [0.15, 0.2) is 6.07 Å². The van der Waals surface area contributed by atoms with E-state index in [2.05, 4.69) is 27.5 Å². The molecule has 0 radical (unpaired) electrons. The van der Waals surface area contributed by atoms with E-state index in [0.29, 0.717) is 25.6 Å². The Balaban J connectivity index is 2.02. The van der Waals surface area contributed by atoms with Crippen molar-refractivity contribution >= 4 is 11.6 Å². The molecule has 2 rings (SSSR count). The second-order valence-corrected chi connectivity index (χ2v) is 5.55. The van der Waals surface area contributed by atoms with Crippen LogP contribution >= 0.6 is 0 Å². The maximum Gasteiger partial charge on any atom is 0.158 e. The van der Waals surface area contributed by atoms with Gasteiger partial charge in [0, 0.05) is 25.8 Å². The van der Waals surface area contributed by atoms with Crippen LogP contribution in [0.4, 0.5) is 11.6 Å². The zero-order valence-corrected chi connectivity index (χ0v) is 13.0. The standard InChI is InChI=1S/C15H26N4O2/c1-3-8-16-12-9-13(17-11-15(20)6-5-7-15)19-14(18-12)10-21-4-2/h9,20H,3-8,10-11H2,1-2H3,(H2,16,17,18,19). The predicted octanol–water partition coefficient (Wildman–Crippen LogP) is 2.16. The quantitative estimate of drug-likeness (QED) is 0.648. The Labute approximate surface area is 126 Å². The molecule has 0 spiro atoms. The molecule has 0 unspecified atom stereocenters. The smallest absolute Gasteiger partial charge is 0.158 e. The summed E-state index contributed by atoms with van der Waals surface area (Å²) in [5.41, 5.74) is -0.567. The largest absolute Gasteiger partial charge is 0.388 e. The normalized spacial score (nSPS) is 16.3. The average Bonchev–Trinajstić information content (AvgIpc) is 2.47. The number of aromatic nitrogens is 2. The number of anilines is 2. The van der Waals surface area contributed by atoms with Gasteiger partial charge in [0.05, 0.1) is 5.60 Å². The Bertz CT molecular complexity index is 423. The fraction of sp³-hybridized carbons (Fsp3) is 0.733. The molecular weight excluding hydrogens is 268 g/mol. The van der Waals surface area contributed by atoms with Crippen LogP contribution in [-0.4, -0.2) is 40.4 Å². The molecule has 6 nitrogen and oxygen atoms in total. The van der Waals surface area contributed by atoms with Gasteiger partial charge in [0.2, 0.25) is 0 Å². The monoisotopic (exact) mass is 294 g/mol. The molecule has 1 fully saturated rings. The van der Waals surface area contributed by atoms with E-state index >= 15 is 0 Å². The highest BCUT2D eigenvalue weighted by Crippen LogP contribution is 2.31. The van der Waals surface area contributed by atoms with Gasteiger partial charge in [-0.25, -0.2) is 9.97 Å². The minimum absolute atomic E-state index is 0.400. The molecule has 1 aliphatic carbocycles. The van der Waals surface area contributed by atoms with E-state index in [1.807, 2.05) is 13.0 Å². The highest BCUT2D eigenvalue weighted by atomic mass is 16.5. The molecule has 0 bridgehead atoms. The van der Waals surface area contributed by atoms with Crippen LogP contribution in [0.3, 0.4) is 0 Å². The SMILES string of the molecule is CCCNc1cc(NCC2(O)CCC2)nc(COCC)n1. The fourth-order valence-electron chi connectivity index (χ4n) is 2.21. The van der Waals surface area contributed by atoms with Crippen molar-refractivity contribution in [2.75, 3.05) is 30.3 Å². The van der Waals surface area contributed by atoms with Gasteiger partial charge in [-0.15, -0.1) is 0 Å². The van der Waals surface area contributed by atoms with Crippen LogP contribution < -0.4 is 10.6 Å². The average molecular weight is 294 g/mol. The number of aliphatic hydroxyl groups is 1. The van der Waals surface area contributed by atoms with Gasteiger partial charge >= 0.3 is 0 Å². The molecule has 3 N–H and O–H groups in total. The summed E-state index contributed by atoms with van der Waals surface area (Å²) in [5.74, 6) is 2.18. The van der Waals surface area contributed by atoms with Gasteiger partial charge in [0.25, 0.3) is 0 Å². The molecule has 6 heteroatoms. The molecule has 0 atom stereocenters. The summed E-state index contributed by atoms with van der Waals surface area (Å²) in [6.45, 7) is 6.50. The minimum atomic E-state index is -0.567. The van der Waals surface area contributed by atoms with Crippen LogP contribution in [0.25, 0.3) is 0 Å². The summed E-state index contributed by atoms with van der Waals surface area (Å²) >= 11 is 0. The highest BCUT2D eigenvalue weighted by Gasteiger charge is 2.34. The van der Waals surface area contributed by atoms with E-state index in [0.717, 1.165) is 43.9 Å². The van der Waals surface area contributed by atoms with E-state index in [-0.39, 0.29) is 0 Å². The molecule has 0 saturated heterocycles. The van der Waals surface area contributed by atoms with Crippen molar-refractivity contribution in [2.45, 2.75) is 51.7 Å². The van der Waals surface area contributed by atoms with Crippen LogP contribution in [0, 0.1) is 0 Å². The Kier molecular flexibility index (Phi) is 5.76. The second kappa shape index (κ2) is 7.56. The van der Waals surface area contributed by atoms with Crippen molar-refractivity contribution in [3.8, 4) is 0 Å². The number of nitrogens with one attached hydrogen (secondary N) is 2. The fourth-order valence-corrected chi connectivity index (χ4v) is 2.21. The Hall–Kier alpha value is -1.40. The Morgan fingerprint density at radius 3 is 2.52 bits per heavy atom. The third kappa shape index (κ3) is 4.82. The maximum atomic E-state index is 10.1. The number of hydrogen-bond donors (Lipinski definition) is 3.